The predicted octanol–water partition coefficient (Wildman–Crippen LogP) is 0.237. The summed E-state index contributed by atoms with van der Waals surface area (Å²) in [5, 5.41) is 11.5. The zero-order valence-corrected chi connectivity index (χ0v) is 6.97. The molecule has 1 unspecified atom stereocenters. The third-order valence-corrected chi connectivity index (χ3v) is 1.53. The molecule has 0 saturated carbocycles. The average Bonchev–Trinajstić information content (AvgIpc) is 2.05. The molecule has 0 heterocycles. The summed E-state index contributed by atoms with van der Waals surface area (Å²) in [6.07, 6.45) is 4.39. The van der Waals surface area contributed by atoms with Crippen molar-refractivity contribution in [3.05, 3.63) is 0 Å². The quantitative estimate of drug-likeness (QED) is 0.522. The van der Waals surface area contributed by atoms with Crippen molar-refractivity contribution in [2.24, 2.45) is 0 Å². The predicted molar refractivity (Wildman–Crippen MR) is 44.1 cm³/mol. The molecule has 1 radical (unpaired) electrons. The first-order chi connectivity index (χ1) is 5.35. The van der Waals surface area contributed by atoms with Crippen LogP contribution in [-0.2, 0) is 4.79 Å². The molecular weight excluding hydrogens is 142 g/mol. The van der Waals surface area contributed by atoms with Crippen LogP contribution in [0.2, 0.25) is 0 Å². The lowest BCUT2D eigenvalue weighted by molar-refractivity contribution is 0.283. The SMILES string of the molecule is CCC([C]=O)NCCCCO. The van der Waals surface area contributed by atoms with Crippen molar-refractivity contribution in [2.75, 3.05) is 13.2 Å². The summed E-state index contributed by atoms with van der Waals surface area (Å²) < 4.78 is 0. The van der Waals surface area contributed by atoms with E-state index in [4.69, 9.17) is 5.11 Å². The standard InChI is InChI=1S/C8H16NO2/c1-2-8(7-11)9-5-3-4-6-10/h8-10H,2-6H2,1H3. The fourth-order valence-electron chi connectivity index (χ4n) is 0.782. The van der Waals surface area contributed by atoms with Crippen LogP contribution in [0.25, 0.3) is 0 Å². The van der Waals surface area contributed by atoms with E-state index in [1.54, 1.807) is 0 Å². The van der Waals surface area contributed by atoms with Gasteiger partial charge in [0, 0.05) is 6.61 Å². The number of aliphatic hydroxyl groups excluding tert-OH is 1. The van der Waals surface area contributed by atoms with E-state index in [2.05, 4.69) is 5.32 Å². The fraction of sp³-hybridized carbons (Fsp3) is 0.875. The normalized spacial score (nSPS) is 12.9. The summed E-state index contributed by atoms with van der Waals surface area (Å²) in [7, 11) is 0. The van der Waals surface area contributed by atoms with E-state index in [0.29, 0.717) is 0 Å². The molecule has 3 heteroatoms. The lowest BCUT2D eigenvalue weighted by atomic mass is 10.2. The number of rotatable bonds is 7. The first-order valence-electron chi connectivity index (χ1n) is 4.07. The molecule has 0 rings (SSSR count). The summed E-state index contributed by atoms with van der Waals surface area (Å²) in [4.78, 5) is 10.2. The van der Waals surface area contributed by atoms with Gasteiger partial charge in [-0.25, -0.2) is 0 Å². The molecule has 0 aromatic rings. The number of carbonyl (C=O) groups excluding carboxylic acids is 1. The molecule has 65 valence electrons. The van der Waals surface area contributed by atoms with Crippen molar-refractivity contribution in [3.63, 3.8) is 0 Å². The molecule has 3 nitrogen and oxygen atoms in total. The van der Waals surface area contributed by atoms with E-state index in [0.717, 1.165) is 25.8 Å². The maximum atomic E-state index is 10.2. The van der Waals surface area contributed by atoms with E-state index in [1.807, 2.05) is 13.2 Å². The zero-order valence-electron chi connectivity index (χ0n) is 6.97. The minimum atomic E-state index is -0.131. The van der Waals surface area contributed by atoms with E-state index in [9.17, 15) is 4.79 Å². The lowest BCUT2D eigenvalue weighted by Crippen LogP contribution is -2.30. The van der Waals surface area contributed by atoms with Gasteiger partial charge in [-0.3, -0.25) is 4.79 Å². The molecule has 0 aromatic heterocycles. The molecule has 0 aliphatic carbocycles. The summed E-state index contributed by atoms with van der Waals surface area (Å²) in [5.74, 6) is 0. The van der Waals surface area contributed by atoms with Gasteiger partial charge in [0.1, 0.15) is 0 Å². The number of aliphatic hydroxyl groups is 1. The van der Waals surface area contributed by atoms with Crippen molar-refractivity contribution in [3.8, 4) is 0 Å². The Morgan fingerprint density at radius 2 is 2.27 bits per heavy atom. The topological polar surface area (TPSA) is 49.3 Å². The minimum Gasteiger partial charge on any atom is -0.396 e. The smallest absolute Gasteiger partial charge is 0.216 e. The van der Waals surface area contributed by atoms with Gasteiger partial charge in [-0.05, 0) is 25.8 Å². The molecule has 0 aromatic carbocycles. The largest absolute Gasteiger partial charge is 0.396 e. The molecule has 2 N–H and O–H groups in total. The molecule has 0 bridgehead atoms. The third kappa shape index (κ3) is 6.01. The highest BCUT2D eigenvalue weighted by Crippen LogP contribution is 1.88. The van der Waals surface area contributed by atoms with Crippen LogP contribution < -0.4 is 5.32 Å². The fourth-order valence-corrected chi connectivity index (χ4v) is 0.782. The van der Waals surface area contributed by atoms with E-state index in [1.165, 1.54) is 0 Å². The number of hydrogen-bond acceptors (Lipinski definition) is 3. The van der Waals surface area contributed by atoms with Gasteiger partial charge in [0.2, 0.25) is 6.29 Å². The van der Waals surface area contributed by atoms with Crippen LogP contribution in [-0.4, -0.2) is 30.6 Å². The first kappa shape index (κ1) is 10.6. The lowest BCUT2D eigenvalue weighted by Gasteiger charge is -2.07. The summed E-state index contributed by atoms with van der Waals surface area (Å²) in [6, 6.07) is -0.131. The summed E-state index contributed by atoms with van der Waals surface area (Å²) in [6.45, 7) is 2.95. The van der Waals surface area contributed by atoms with Crippen LogP contribution in [0.1, 0.15) is 26.2 Å². The van der Waals surface area contributed by atoms with E-state index >= 15 is 0 Å². The van der Waals surface area contributed by atoms with Crippen molar-refractivity contribution in [1.29, 1.82) is 0 Å². The van der Waals surface area contributed by atoms with Crippen LogP contribution in [0, 0.1) is 0 Å². The van der Waals surface area contributed by atoms with Gasteiger partial charge < -0.3 is 10.4 Å². The van der Waals surface area contributed by atoms with Gasteiger partial charge in [0.15, 0.2) is 0 Å². The van der Waals surface area contributed by atoms with E-state index in [-0.39, 0.29) is 12.6 Å². The molecule has 1 atom stereocenters. The van der Waals surface area contributed by atoms with Crippen molar-refractivity contribution in [2.45, 2.75) is 32.2 Å². The highest BCUT2D eigenvalue weighted by Gasteiger charge is 2.01. The average molecular weight is 158 g/mol. The maximum absolute atomic E-state index is 10.2. The van der Waals surface area contributed by atoms with Crippen LogP contribution in [0.4, 0.5) is 0 Å². The second-order valence-electron chi connectivity index (χ2n) is 2.46. The number of nitrogens with one attached hydrogen (secondary N) is 1. The highest BCUT2D eigenvalue weighted by atomic mass is 16.2. The molecule has 0 amide bonds. The Kier molecular flexibility index (Phi) is 7.41. The Bertz CT molecular complexity index is 96.1. The van der Waals surface area contributed by atoms with Crippen LogP contribution >= 0.6 is 0 Å². The number of unbranched alkanes of at least 4 members (excludes halogenated alkanes) is 1. The Morgan fingerprint density at radius 1 is 1.55 bits per heavy atom. The number of hydrogen-bond donors (Lipinski definition) is 2. The zero-order chi connectivity index (χ0) is 8.53. The van der Waals surface area contributed by atoms with Gasteiger partial charge in [-0.2, -0.15) is 0 Å². The van der Waals surface area contributed by atoms with Crippen molar-refractivity contribution in [1.82, 2.24) is 5.32 Å². The Balaban J connectivity index is 3.14. The monoisotopic (exact) mass is 158 g/mol. The van der Waals surface area contributed by atoms with Gasteiger partial charge >= 0.3 is 0 Å². The second kappa shape index (κ2) is 7.69. The Hall–Kier alpha value is -0.410. The molecule has 11 heavy (non-hydrogen) atoms. The van der Waals surface area contributed by atoms with Gasteiger partial charge in [-0.15, -0.1) is 0 Å². The second-order valence-corrected chi connectivity index (χ2v) is 2.46. The molecule has 0 fully saturated rings. The Labute approximate surface area is 67.8 Å². The van der Waals surface area contributed by atoms with Crippen molar-refractivity contribution < 1.29 is 9.90 Å². The molecule has 0 spiro atoms. The minimum absolute atomic E-state index is 0.131. The molecule has 0 aliphatic rings. The van der Waals surface area contributed by atoms with Gasteiger partial charge in [0.25, 0.3) is 0 Å². The van der Waals surface area contributed by atoms with Crippen molar-refractivity contribution >= 4 is 6.29 Å². The summed E-state index contributed by atoms with van der Waals surface area (Å²) >= 11 is 0. The molecular formula is C8H16NO2. The Morgan fingerprint density at radius 3 is 2.73 bits per heavy atom. The van der Waals surface area contributed by atoms with Gasteiger partial charge in [-0.1, -0.05) is 6.92 Å². The van der Waals surface area contributed by atoms with E-state index < -0.39 is 0 Å². The first-order valence-corrected chi connectivity index (χ1v) is 4.07. The van der Waals surface area contributed by atoms with Crippen LogP contribution in [0.5, 0.6) is 0 Å². The maximum Gasteiger partial charge on any atom is 0.216 e. The van der Waals surface area contributed by atoms with Gasteiger partial charge in [0.05, 0.1) is 6.04 Å². The summed E-state index contributed by atoms with van der Waals surface area (Å²) in [5.41, 5.74) is 0. The molecule has 0 aliphatic heterocycles. The van der Waals surface area contributed by atoms with Crippen LogP contribution in [0.15, 0.2) is 0 Å². The third-order valence-electron chi connectivity index (χ3n) is 1.53. The molecule has 0 saturated heterocycles. The van der Waals surface area contributed by atoms with Crippen LogP contribution in [0.3, 0.4) is 0 Å². The highest BCUT2D eigenvalue weighted by molar-refractivity contribution is 5.58.